The standard InChI is InChI=1S/C15H18F3NO4/c1-10-8-19(9-13(10)14(20)21)6-7-22-11-2-4-12(5-3-11)23-15(16,17)18/h2-5,10,13H,6-9H2,1H3,(H,20,21)/t10-,13-/m1/s1. The second kappa shape index (κ2) is 7.08. The molecular formula is C15H18F3NO4. The van der Waals surface area contributed by atoms with Crippen molar-refractivity contribution in [2.24, 2.45) is 11.8 Å². The Hall–Kier alpha value is -1.96. The maximum Gasteiger partial charge on any atom is 0.573 e. The van der Waals surface area contributed by atoms with Crippen molar-refractivity contribution in [3.63, 3.8) is 0 Å². The highest BCUT2D eigenvalue weighted by Crippen LogP contribution is 2.25. The molecule has 2 atom stereocenters. The number of nitrogens with zero attached hydrogens (tertiary/aromatic N) is 1. The van der Waals surface area contributed by atoms with Crippen molar-refractivity contribution in [3.05, 3.63) is 24.3 Å². The predicted molar refractivity (Wildman–Crippen MR) is 75.3 cm³/mol. The monoisotopic (exact) mass is 333 g/mol. The Kier molecular flexibility index (Phi) is 5.35. The van der Waals surface area contributed by atoms with Gasteiger partial charge in [-0.2, -0.15) is 0 Å². The van der Waals surface area contributed by atoms with Crippen LogP contribution in [0, 0.1) is 11.8 Å². The van der Waals surface area contributed by atoms with Crippen molar-refractivity contribution in [1.82, 2.24) is 4.90 Å². The third-order valence-corrected chi connectivity index (χ3v) is 3.74. The highest BCUT2D eigenvalue weighted by Gasteiger charge is 2.34. The van der Waals surface area contributed by atoms with Gasteiger partial charge in [0.1, 0.15) is 18.1 Å². The van der Waals surface area contributed by atoms with Crippen LogP contribution in [0.1, 0.15) is 6.92 Å². The number of rotatable bonds is 6. The van der Waals surface area contributed by atoms with E-state index in [0.717, 1.165) is 0 Å². The van der Waals surface area contributed by atoms with E-state index in [2.05, 4.69) is 4.74 Å². The molecule has 0 amide bonds. The highest BCUT2D eigenvalue weighted by atomic mass is 19.4. The van der Waals surface area contributed by atoms with Gasteiger partial charge < -0.3 is 14.6 Å². The second-order valence-corrected chi connectivity index (χ2v) is 5.55. The summed E-state index contributed by atoms with van der Waals surface area (Å²) in [5.74, 6) is -0.939. The molecule has 1 saturated heterocycles. The molecule has 1 N–H and O–H groups in total. The van der Waals surface area contributed by atoms with E-state index in [1.165, 1.54) is 24.3 Å². The molecular weight excluding hydrogens is 315 g/mol. The molecule has 23 heavy (non-hydrogen) atoms. The van der Waals surface area contributed by atoms with Crippen molar-refractivity contribution in [2.75, 3.05) is 26.2 Å². The SMILES string of the molecule is C[C@@H]1CN(CCOc2ccc(OC(F)(F)F)cc2)C[C@H]1C(=O)O. The number of aliphatic carboxylic acids is 1. The first kappa shape index (κ1) is 17.4. The van der Waals surface area contributed by atoms with Gasteiger partial charge in [-0.25, -0.2) is 0 Å². The Morgan fingerprint density at radius 2 is 1.87 bits per heavy atom. The van der Waals surface area contributed by atoms with Gasteiger partial charge in [0.15, 0.2) is 0 Å². The summed E-state index contributed by atoms with van der Waals surface area (Å²) < 4.78 is 45.3. The molecule has 0 bridgehead atoms. The highest BCUT2D eigenvalue weighted by molar-refractivity contribution is 5.71. The van der Waals surface area contributed by atoms with Gasteiger partial charge in [0.2, 0.25) is 0 Å². The van der Waals surface area contributed by atoms with E-state index in [-0.39, 0.29) is 17.6 Å². The van der Waals surface area contributed by atoms with Gasteiger partial charge >= 0.3 is 12.3 Å². The average Bonchev–Trinajstić information content (AvgIpc) is 2.80. The summed E-state index contributed by atoms with van der Waals surface area (Å²) >= 11 is 0. The number of ether oxygens (including phenoxy) is 2. The van der Waals surface area contributed by atoms with E-state index in [4.69, 9.17) is 9.84 Å². The van der Waals surface area contributed by atoms with Gasteiger partial charge in [0, 0.05) is 19.6 Å². The number of halogens is 3. The number of likely N-dealkylation sites (tertiary alicyclic amines) is 1. The van der Waals surface area contributed by atoms with Crippen LogP contribution in [-0.2, 0) is 4.79 Å². The van der Waals surface area contributed by atoms with Gasteiger partial charge in [-0.05, 0) is 30.2 Å². The third kappa shape index (κ3) is 5.31. The molecule has 0 unspecified atom stereocenters. The van der Waals surface area contributed by atoms with Crippen LogP contribution >= 0.6 is 0 Å². The maximum absolute atomic E-state index is 12.0. The Bertz CT molecular complexity index is 533. The zero-order valence-corrected chi connectivity index (χ0v) is 12.5. The Morgan fingerprint density at radius 1 is 1.26 bits per heavy atom. The first-order chi connectivity index (χ1) is 10.7. The van der Waals surface area contributed by atoms with E-state index < -0.39 is 12.3 Å². The van der Waals surface area contributed by atoms with Crippen LogP contribution in [0.2, 0.25) is 0 Å². The van der Waals surface area contributed by atoms with Crippen LogP contribution in [0.15, 0.2) is 24.3 Å². The number of alkyl halides is 3. The average molecular weight is 333 g/mol. The predicted octanol–water partition coefficient (Wildman–Crippen LogP) is 2.62. The smallest absolute Gasteiger partial charge is 0.492 e. The molecule has 1 heterocycles. The largest absolute Gasteiger partial charge is 0.573 e. The summed E-state index contributed by atoms with van der Waals surface area (Å²) in [6.45, 7) is 3.98. The van der Waals surface area contributed by atoms with Crippen molar-refractivity contribution >= 4 is 5.97 Å². The van der Waals surface area contributed by atoms with Crippen molar-refractivity contribution in [2.45, 2.75) is 13.3 Å². The number of hydrogen-bond acceptors (Lipinski definition) is 4. The van der Waals surface area contributed by atoms with Crippen LogP contribution in [-0.4, -0.2) is 48.6 Å². The van der Waals surface area contributed by atoms with Crippen molar-refractivity contribution in [1.29, 1.82) is 0 Å². The number of hydrogen-bond donors (Lipinski definition) is 1. The minimum absolute atomic E-state index is 0.0892. The molecule has 1 fully saturated rings. The van der Waals surface area contributed by atoms with Gasteiger partial charge in [-0.3, -0.25) is 9.69 Å². The lowest BCUT2D eigenvalue weighted by atomic mass is 9.99. The first-order valence-electron chi connectivity index (χ1n) is 7.18. The normalized spacial score (nSPS) is 22.1. The lowest BCUT2D eigenvalue weighted by molar-refractivity contribution is -0.274. The first-order valence-corrected chi connectivity index (χ1v) is 7.18. The minimum Gasteiger partial charge on any atom is -0.492 e. The van der Waals surface area contributed by atoms with Gasteiger partial charge in [0.25, 0.3) is 0 Å². The van der Waals surface area contributed by atoms with Crippen molar-refractivity contribution in [3.8, 4) is 11.5 Å². The lowest BCUT2D eigenvalue weighted by Crippen LogP contribution is -2.27. The topological polar surface area (TPSA) is 59.0 Å². The molecule has 8 heteroatoms. The van der Waals surface area contributed by atoms with Gasteiger partial charge in [-0.15, -0.1) is 13.2 Å². The Morgan fingerprint density at radius 3 is 2.39 bits per heavy atom. The fourth-order valence-corrected chi connectivity index (χ4v) is 2.60. The van der Waals surface area contributed by atoms with E-state index in [0.29, 0.717) is 32.0 Å². The quantitative estimate of drug-likeness (QED) is 0.867. The molecule has 0 radical (unpaired) electrons. The zero-order chi connectivity index (χ0) is 17.0. The third-order valence-electron chi connectivity index (χ3n) is 3.74. The van der Waals surface area contributed by atoms with Crippen LogP contribution in [0.4, 0.5) is 13.2 Å². The summed E-state index contributed by atoms with van der Waals surface area (Å²) in [4.78, 5) is 13.0. The molecule has 1 aliphatic heterocycles. The van der Waals surface area contributed by atoms with Crippen LogP contribution in [0.5, 0.6) is 11.5 Å². The van der Waals surface area contributed by atoms with Crippen LogP contribution < -0.4 is 9.47 Å². The molecule has 0 aromatic heterocycles. The number of carboxylic acid groups (broad SMARTS) is 1. The molecule has 1 aromatic rings. The molecule has 0 spiro atoms. The molecule has 1 aromatic carbocycles. The molecule has 2 rings (SSSR count). The number of benzene rings is 1. The second-order valence-electron chi connectivity index (χ2n) is 5.55. The van der Waals surface area contributed by atoms with Gasteiger partial charge in [0.05, 0.1) is 5.92 Å². The van der Waals surface area contributed by atoms with E-state index in [1.54, 1.807) is 0 Å². The van der Waals surface area contributed by atoms with E-state index in [9.17, 15) is 18.0 Å². The number of carboxylic acids is 1. The van der Waals surface area contributed by atoms with Crippen LogP contribution in [0.25, 0.3) is 0 Å². The summed E-state index contributed by atoms with van der Waals surface area (Å²) in [6, 6.07) is 5.16. The van der Waals surface area contributed by atoms with E-state index >= 15 is 0 Å². The summed E-state index contributed by atoms with van der Waals surface area (Å²) in [6.07, 6.45) is -4.71. The Labute approximate surface area is 131 Å². The molecule has 5 nitrogen and oxygen atoms in total. The lowest BCUT2D eigenvalue weighted by Gasteiger charge is -2.16. The fourth-order valence-electron chi connectivity index (χ4n) is 2.60. The zero-order valence-electron chi connectivity index (χ0n) is 12.5. The van der Waals surface area contributed by atoms with Gasteiger partial charge in [-0.1, -0.05) is 6.92 Å². The summed E-state index contributed by atoms with van der Waals surface area (Å²) in [5.41, 5.74) is 0. The molecule has 1 aliphatic rings. The number of carbonyl (C=O) groups is 1. The summed E-state index contributed by atoms with van der Waals surface area (Å²) in [7, 11) is 0. The molecule has 128 valence electrons. The van der Waals surface area contributed by atoms with E-state index in [1.807, 2.05) is 11.8 Å². The molecule has 0 saturated carbocycles. The Balaban J connectivity index is 1.76. The van der Waals surface area contributed by atoms with Crippen molar-refractivity contribution < 1.29 is 32.5 Å². The molecule has 0 aliphatic carbocycles. The van der Waals surface area contributed by atoms with Crippen LogP contribution in [0.3, 0.4) is 0 Å². The maximum atomic E-state index is 12.0. The fraction of sp³-hybridized carbons (Fsp3) is 0.533. The summed E-state index contributed by atoms with van der Waals surface area (Å²) in [5, 5.41) is 9.06. The minimum atomic E-state index is -4.71.